The van der Waals surface area contributed by atoms with Gasteiger partial charge in [-0.2, -0.15) is 4.37 Å². The number of aromatic nitrogens is 1. The summed E-state index contributed by atoms with van der Waals surface area (Å²) in [5, 5.41) is 0. The van der Waals surface area contributed by atoms with Gasteiger partial charge in [-0.25, -0.2) is 0 Å². The summed E-state index contributed by atoms with van der Waals surface area (Å²) in [7, 11) is 0. The molecule has 0 aliphatic heterocycles. The number of nitrogen functional groups attached to an aromatic ring is 1. The molecule has 0 aromatic carbocycles. The monoisotopic (exact) mass is 128 g/mol. The summed E-state index contributed by atoms with van der Waals surface area (Å²) < 4.78 is 3.91. The lowest BCUT2D eigenvalue weighted by atomic mass is 10.4. The normalized spacial score (nSPS) is 9.62. The van der Waals surface area contributed by atoms with Crippen molar-refractivity contribution in [2.45, 2.75) is 13.3 Å². The molecule has 0 atom stereocenters. The van der Waals surface area contributed by atoms with Crippen molar-refractivity contribution in [2.24, 2.45) is 0 Å². The number of aryl methyl sites for hydroxylation is 1. The van der Waals surface area contributed by atoms with Crippen LogP contribution in [0.2, 0.25) is 0 Å². The minimum Gasteiger partial charge on any atom is -0.383 e. The minimum absolute atomic E-state index is 0.645. The second-order valence-corrected chi connectivity index (χ2v) is 2.46. The number of nitrogens with zero attached hydrogens (tertiary/aromatic N) is 1. The van der Waals surface area contributed by atoms with Crippen molar-refractivity contribution in [1.82, 2.24) is 4.37 Å². The van der Waals surface area contributed by atoms with Crippen LogP contribution in [0.5, 0.6) is 0 Å². The van der Waals surface area contributed by atoms with Gasteiger partial charge in [0.15, 0.2) is 0 Å². The fraction of sp³-hybridized carbons (Fsp3) is 0.400. The smallest absolute Gasteiger partial charge is 0.137 e. The Kier molecular flexibility index (Phi) is 1.48. The quantitative estimate of drug-likeness (QED) is 0.619. The zero-order chi connectivity index (χ0) is 5.98. The third-order valence-electron chi connectivity index (χ3n) is 0.926. The summed E-state index contributed by atoms with van der Waals surface area (Å²) in [6.45, 7) is 2.09. The van der Waals surface area contributed by atoms with Crippen molar-refractivity contribution in [3.05, 3.63) is 10.9 Å². The van der Waals surface area contributed by atoms with Gasteiger partial charge in [0, 0.05) is 4.88 Å². The Morgan fingerprint density at radius 1 is 1.88 bits per heavy atom. The molecule has 2 N–H and O–H groups in total. The molecular formula is C5H8N2S. The molecule has 44 valence electrons. The van der Waals surface area contributed by atoms with E-state index in [1.165, 1.54) is 16.4 Å². The van der Waals surface area contributed by atoms with Crippen LogP contribution in [-0.2, 0) is 6.42 Å². The largest absolute Gasteiger partial charge is 0.383 e. The van der Waals surface area contributed by atoms with Crippen molar-refractivity contribution in [1.29, 1.82) is 0 Å². The lowest BCUT2D eigenvalue weighted by Gasteiger charge is -1.77. The van der Waals surface area contributed by atoms with E-state index in [4.69, 9.17) is 5.73 Å². The van der Waals surface area contributed by atoms with Crippen LogP contribution >= 0.6 is 11.5 Å². The van der Waals surface area contributed by atoms with Gasteiger partial charge < -0.3 is 5.73 Å². The van der Waals surface area contributed by atoms with E-state index in [1.54, 1.807) is 0 Å². The van der Waals surface area contributed by atoms with Crippen molar-refractivity contribution in [3.63, 3.8) is 0 Å². The maximum atomic E-state index is 5.35. The third kappa shape index (κ3) is 0.980. The lowest BCUT2D eigenvalue weighted by Crippen LogP contribution is -1.79. The highest BCUT2D eigenvalue weighted by atomic mass is 32.1. The van der Waals surface area contributed by atoms with Crippen molar-refractivity contribution in [3.8, 4) is 0 Å². The lowest BCUT2D eigenvalue weighted by molar-refractivity contribution is 1.19. The summed E-state index contributed by atoms with van der Waals surface area (Å²) in [6, 6.07) is 1.91. The van der Waals surface area contributed by atoms with Crippen LogP contribution in [0, 0.1) is 0 Å². The highest BCUT2D eigenvalue weighted by Crippen LogP contribution is 2.10. The van der Waals surface area contributed by atoms with E-state index in [-0.39, 0.29) is 0 Å². The van der Waals surface area contributed by atoms with Crippen molar-refractivity contribution >= 4 is 17.4 Å². The Balaban J connectivity index is 2.84. The maximum Gasteiger partial charge on any atom is 0.137 e. The van der Waals surface area contributed by atoms with Crippen LogP contribution in [-0.4, -0.2) is 4.37 Å². The van der Waals surface area contributed by atoms with Gasteiger partial charge in [0.05, 0.1) is 0 Å². The topological polar surface area (TPSA) is 38.9 Å². The molecule has 3 heteroatoms. The van der Waals surface area contributed by atoms with Crippen LogP contribution in [0.3, 0.4) is 0 Å². The summed E-state index contributed by atoms with van der Waals surface area (Å²) in [5.41, 5.74) is 5.35. The highest BCUT2D eigenvalue weighted by Gasteiger charge is 1.92. The van der Waals surface area contributed by atoms with E-state index < -0.39 is 0 Å². The number of anilines is 1. The SMILES string of the molecule is CCc1cc(N)ns1. The van der Waals surface area contributed by atoms with Crippen LogP contribution in [0.25, 0.3) is 0 Å². The Bertz CT molecular complexity index is 171. The molecule has 8 heavy (non-hydrogen) atoms. The van der Waals surface area contributed by atoms with Gasteiger partial charge in [0.1, 0.15) is 5.82 Å². The summed E-state index contributed by atoms with van der Waals surface area (Å²) in [6.07, 6.45) is 1.04. The fourth-order valence-corrected chi connectivity index (χ4v) is 1.07. The summed E-state index contributed by atoms with van der Waals surface area (Å²) in [5.74, 6) is 0.645. The molecule has 0 bridgehead atoms. The molecule has 0 radical (unpaired) electrons. The Hall–Kier alpha value is -0.570. The Morgan fingerprint density at radius 3 is 2.88 bits per heavy atom. The van der Waals surface area contributed by atoms with Gasteiger partial charge >= 0.3 is 0 Å². The van der Waals surface area contributed by atoms with E-state index >= 15 is 0 Å². The first-order valence-corrected chi connectivity index (χ1v) is 3.31. The zero-order valence-corrected chi connectivity index (χ0v) is 5.53. The molecule has 0 saturated heterocycles. The van der Waals surface area contributed by atoms with E-state index in [1.807, 2.05) is 6.07 Å². The molecule has 2 nitrogen and oxygen atoms in total. The molecule has 0 aliphatic carbocycles. The molecule has 1 aromatic heterocycles. The average molecular weight is 128 g/mol. The predicted octanol–water partition coefficient (Wildman–Crippen LogP) is 1.29. The summed E-state index contributed by atoms with van der Waals surface area (Å²) in [4.78, 5) is 1.25. The maximum absolute atomic E-state index is 5.35. The number of rotatable bonds is 1. The molecule has 0 spiro atoms. The average Bonchev–Trinajstić information content (AvgIpc) is 2.14. The molecule has 0 amide bonds. The van der Waals surface area contributed by atoms with Crippen LogP contribution in [0.4, 0.5) is 5.82 Å². The molecule has 0 aliphatic rings. The van der Waals surface area contributed by atoms with Gasteiger partial charge in [-0.05, 0) is 24.0 Å². The van der Waals surface area contributed by atoms with E-state index in [2.05, 4.69) is 11.3 Å². The van der Waals surface area contributed by atoms with Gasteiger partial charge in [0.2, 0.25) is 0 Å². The molecule has 0 saturated carbocycles. The molecule has 0 fully saturated rings. The molecule has 1 aromatic rings. The van der Waals surface area contributed by atoms with E-state index in [0.29, 0.717) is 5.82 Å². The second kappa shape index (κ2) is 2.13. The fourth-order valence-electron chi connectivity index (χ4n) is 0.496. The first-order valence-electron chi connectivity index (χ1n) is 2.54. The first kappa shape index (κ1) is 5.56. The molecule has 1 rings (SSSR count). The second-order valence-electron chi connectivity index (χ2n) is 1.57. The van der Waals surface area contributed by atoms with Crippen LogP contribution in [0.1, 0.15) is 11.8 Å². The number of hydrogen-bond donors (Lipinski definition) is 1. The van der Waals surface area contributed by atoms with Crippen LogP contribution in [0.15, 0.2) is 6.07 Å². The van der Waals surface area contributed by atoms with Crippen molar-refractivity contribution < 1.29 is 0 Å². The predicted molar refractivity (Wildman–Crippen MR) is 35.9 cm³/mol. The first-order chi connectivity index (χ1) is 3.83. The van der Waals surface area contributed by atoms with Gasteiger partial charge in [-0.1, -0.05) is 6.92 Å². The van der Waals surface area contributed by atoms with Crippen LogP contribution < -0.4 is 5.73 Å². The van der Waals surface area contributed by atoms with Gasteiger partial charge in [-0.15, -0.1) is 0 Å². The van der Waals surface area contributed by atoms with Gasteiger partial charge in [0.25, 0.3) is 0 Å². The summed E-state index contributed by atoms with van der Waals surface area (Å²) >= 11 is 1.47. The molecular weight excluding hydrogens is 120 g/mol. The van der Waals surface area contributed by atoms with E-state index in [0.717, 1.165) is 6.42 Å². The zero-order valence-electron chi connectivity index (χ0n) is 4.72. The Morgan fingerprint density at radius 2 is 2.62 bits per heavy atom. The molecule has 1 heterocycles. The third-order valence-corrected chi connectivity index (χ3v) is 1.87. The number of nitrogens with two attached hydrogens (primary N) is 1. The Labute approximate surface area is 52.5 Å². The number of hydrogen-bond acceptors (Lipinski definition) is 3. The highest BCUT2D eigenvalue weighted by molar-refractivity contribution is 7.06. The van der Waals surface area contributed by atoms with Crippen molar-refractivity contribution in [2.75, 3.05) is 5.73 Å². The van der Waals surface area contributed by atoms with Gasteiger partial charge in [-0.3, -0.25) is 0 Å². The molecule has 0 unspecified atom stereocenters. The minimum atomic E-state index is 0.645. The standard InChI is InChI=1S/C5H8N2S/c1-2-4-3-5(6)7-8-4/h3H,2H2,1H3,(H2,6,7). The van der Waals surface area contributed by atoms with E-state index in [9.17, 15) is 0 Å².